The fraction of sp³-hybridized carbons (Fsp3) is 0.647. The zero-order valence-corrected chi connectivity index (χ0v) is 12.6. The van der Waals surface area contributed by atoms with E-state index in [4.69, 9.17) is 0 Å². The van der Waals surface area contributed by atoms with Crippen LogP contribution in [0.3, 0.4) is 0 Å². The first-order valence-corrected chi connectivity index (χ1v) is 7.94. The maximum atomic E-state index is 14.3. The largest absolute Gasteiger partial charge is 0.389 e. The average molecular weight is 293 g/mol. The first kappa shape index (κ1) is 14.8. The van der Waals surface area contributed by atoms with Gasteiger partial charge in [0, 0.05) is 19.0 Å². The summed E-state index contributed by atoms with van der Waals surface area (Å²) in [6.07, 6.45) is 4.23. The summed E-state index contributed by atoms with van der Waals surface area (Å²) in [4.78, 5) is 2.05. The molecule has 2 fully saturated rings. The van der Waals surface area contributed by atoms with E-state index in [1.807, 2.05) is 4.90 Å². The van der Waals surface area contributed by atoms with E-state index in [0.29, 0.717) is 17.8 Å². The minimum atomic E-state index is -0.654. The molecule has 3 atom stereocenters. The minimum absolute atomic E-state index is 0.246. The highest BCUT2D eigenvalue weighted by atomic mass is 19.1. The van der Waals surface area contributed by atoms with Crippen molar-refractivity contribution >= 4 is 5.69 Å². The molecule has 1 aromatic rings. The summed E-state index contributed by atoms with van der Waals surface area (Å²) >= 11 is 0. The van der Waals surface area contributed by atoms with Gasteiger partial charge in [0.15, 0.2) is 0 Å². The van der Waals surface area contributed by atoms with E-state index in [0.717, 1.165) is 38.6 Å². The second kappa shape index (κ2) is 5.58. The van der Waals surface area contributed by atoms with E-state index in [9.17, 15) is 14.6 Å². The normalized spacial score (nSPS) is 30.9. The predicted molar refractivity (Wildman–Crippen MR) is 80.8 cm³/mol. The molecule has 1 aromatic carbocycles. The molecule has 1 heterocycles. The monoisotopic (exact) mass is 293 g/mol. The number of piperidine rings is 1. The molecule has 0 spiro atoms. The van der Waals surface area contributed by atoms with Crippen LogP contribution >= 0.6 is 0 Å². The summed E-state index contributed by atoms with van der Waals surface area (Å²) in [6.45, 7) is 3.05. The maximum absolute atomic E-state index is 14.3. The number of hydrogen-bond donors (Lipinski definition) is 2. The van der Waals surface area contributed by atoms with Crippen molar-refractivity contribution in [1.29, 1.82) is 0 Å². The zero-order chi connectivity index (χ0) is 15.0. The van der Waals surface area contributed by atoms with Gasteiger partial charge >= 0.3 is 0 Å². The Kier molecular flexibility index (Phi) is 3.93. The van der Waals surface area contributed by atoms with Crippen LogP contribution in [0.5, 0.6) is 0 Å². The second-order valence-corrected chi connectivity index (χ2v) is 6.63. The van der Waals surface area contributed by atoms with Gasteiger partial charge in [0.1, 0.15) is 5.82 Å². The van der Waals surface area contributed by atoms with Crippen LogP contribution in [0.4, 0.5) is 10.1 Å². The zero-order valence-electron chi connectivity index (χ0n) is 12.6. The Labute approximate surface area is 125 Å². The summed E-state index contributed by atoms with van der Waals surface area (Å²) in [7, 11) is 0. The molecule has 1 saturated carbocycles. The van der Waals surface area contributed by atoms with Gasteiger partial charge in [-0.2, -0.15) is 0 Å². The Morgan fingerprint density at radius 1 is 1.33 bits per heavy atom. The Morgan fingerprint density at radius 3 is 2.86 bits per heavy atom. The molecule has 0 amide bonds. The SMILES string of the molecule is CC(O)c1ccc(N2CCC3(O)CCCCC3C2)c(F)c1. The number of anilines is 1. The van der Waals surface area contributed by atoms with Gasteiger partial charge in [-0.05, 0) is 43.9 Å². The van der Waals surface area contributed by atoms with E-state index in [1.54, 1.807) is 19.1 Å². The van der Waals surface area contributed by atoms with E-state index in [1.165, 1.54) is 6.07 Å². The third kappa shape index (κ3) is 2.79. The predicted octanol–water partition coefficient (Wildman–Crippen LogP) is 3.01. The second-order valence-electron chi connectivity index (χ2n) is 6.63. The number of aliphatic hydroxyl groups is 2. The van der Waals surface area contributed by atoms with Gasteiger partial charge in [0.25, 0.3) is 0 Å². The van der Waals surface area contributed by atoms with Gasteiger partial charge in [-0.25, -0.2) is 4.39 Å². The lowest BCUT2D eigenvalue weighted by Gasteiger charge is -2.48. The molecule has 3 nitrogen and oxygen atoms in total. The molecule has 21 heavy (non-hydrogen) atoms. The Morgan fingerprint density at radius 2 is 2.14 bits per heavy atom. The lowest BCUT2D eigenvalue weighted by atomic mass is 9.71. The summed E-state index contributed by atoms with van der Waals surface area (Å²) in [6, 6.07) is 4.96. The van der Waals surface area contributed by atoms with Crippen molar-refractivity contribution in [2.24, 2.45) is 5.92 Å². The fourth-order valence-corrected chi connectivity index (χ4v) is 3.83. The molecule has 4 heteroatoms. The quantitative estimate of drug-likeness (QED) is 0.881. The highest BCUT2D eigenvalue weighted by Gasteiger charge is 2.43. The van der Waals surface area contributed by atoms with Crippen molar-refractivity contribution in [1.82, 2.24) is 0 Å². The number of aliphatic hydroxyl groups excluding tert-OH is 1. The van der Waals surface area contributed by atoms with E-state index in [-0.39, 0.29) is 11.7 Å². The average Bonchev–Trinajstić information content (AvgIpc) is 2.46. The van der Waals surface area contributed by atoms with Crippen molar-refractivity contribution in [2.45, 2.75) is 50.7 Å². The Hall–Kier alpha value is -1.13. The summed E-state index contributed by atoms with van der Waals surface area (Å²) in [5.41, 5.74) is 0.652. The van der Waals surface area contributed by atoms with Crippen LogP contribution in [-0.2, 0) is 0 Å². The molecule has 3 unspecified atom stereocenters. The van der Waals surface area contributed by atoms with Gasteiger partial charge < -0.3 is 15.1 Å². The number of rotatable bonds is 2. The molecule has 2 N–H and O–H groups in total. The van der Waals surface area contributed by atoms with Gasteiger partial charge in [0.05, 0.1) is 17.4 Å². The number of benzene rings is 1. The summed E-state index contributed by atoms with van der Waals surface area (Å²) < 4.78 is 14.3. The first-order chi connectivity index (χ1) is 9.99. The van der Waals surface area contributed by atoms with E-state index >= 15 is 0 Å². The van der Waals surface area contributed by atoms with Crippen molar-refractivity contribution in [2.75, 3.05) is 18.0 Å². The highest BCUT2D eigenvalue weighted by molar-refractivity contribution is 5.50. The molecule has 116 valence electrons. The number of hydrogen-bond acceptors (Lipinski definition) is 3. The maximum Gasteiger partial charge on any atom is 0.146 e. The van der Waals surface area contributed by atoms with Crippen molar-refractivity contribution < 1.29 is 14.6 Å². The third-order valence-corrected chi connectivity index (χ3v) is 5.22. The van der Waals surface area contributed by atoms with E-state index < -0.39 is 11.7 Å². The molecular weight excluding hydrogens is 269 g/mol. The standard InChI is InChI=1S/C17H24FNO2/c1-12(20)13-5-6-16(15(18)10-13)19-9-8-17(21)7-3-2-4-14(17)11-19/h5-6,10,12,14,20-21H,2-4,7-9,11H2,1H3. The number of halogens is 1. The van der Waals surface area contributed by atoms with Crippen LogP contribution in [0.2, 0.25) is 0 Å². The lowest BCUT2D eigenvalue weighted by Crippen LogP contribution is -2.53. The van der Waals surface area contributed by atoms with Crippen molar-refractivity contribution in [3.8, 4) is 0 Å². The van der Waals surface area contributed by atoms with E-state index in [2.05, 4.69) is 0 Å². The molecule has 0 radical (unpaired) electrons. The Balaban J connectivity index is 1.79. The molecule has 2 aliphatic rings. The molecular formula is C17H24FNO2. The number of fused-ring (bicyclic) bond motifs is 1. The van der Waals surface area contributed by atoms with Crippen molar-refractivity contribution in [3.63, 3.8) is 0 Å². The van der Waals surface area contributed by atoms with Crippen LogP contribution in [0, 0.1) is 11.7 Å². The smallest absolute Gasteiger partial charge is 0.146 e. The Bertz CT molecular complexity index is 520. The topological polar surface area (TPSA) is 43.7 Å². The molecule has 0 bridgehead atoms. The van der Waals surface area contributed by atoms with Crippen LogP contribution in [0.25, 0.3) is 0 Å². The molecule has 3 rings (SSSR count). The van der Waals surface area contributed by atoms with Crippen LogP contribution in [-0.4, -0.2) is 28.9 Å². The number of nitrogens with zero attached hydrogens (tertiary/aromatic N) is 1. The summed E-state index contributed by atoms with van der Waals surface area (Å²) in [5, 5.41) is 20.2. The van der Waals surface area contributed by atoms with Gasteiger partial charge in [-0.3, -0.25) is 0 Å². The minimum Gasteiger partial charge on any atom is -0.389 e. The first-order valence-electron chi connectivity index (χ1n) is 7.94. The molecule has 1 aliphatic heterocycles. The van der Waals surface area contributed by atoms with Crippen LogP contribution in [0.15, 0.2) is 18.2 Å². The van der Waals surface area contributed by atoms with Gasteiger partial charge in [-0.1, -0.05) is 18.9 Å². The van der Waals surface area contributed by atoms with Gasteiger partial charge in [0.2, 0.25) is 0 Å². The molecule has 1 saturated heterocycles. The highest BCUT2D eigenvalue weighted by Crippen LogP contribution is 2.41. The van der Waals surface area contributed by atoms with Crippen LogP contribution < -0.4 is 4.90 Å². The lowest BCUT2D eigenvalue weighted by molar-refractivity contribution is -0.0613. The molecule has 0 aromatic heterocycles. The third-order valence-electron chi connectivity index (χ3n) is 5.22. The molecule has 1 aliphatic carbocycles. The van der Waals surface area contributed by atoms with Gasteiger partial charge in [-0.15, -0.1) is 0 Å². The van der Waals surface area contributed by atoms with Crippen LogP contribution in [0.1, 0.15) is 50.7 Å². The fourth-order valence-electron chi connectivity index (χ4n) is 3.83. The van der Waals surface area contributed by atoms with Crippen molar-refractivity contribution in [3.05, 3.63) is 29.6 Å². The summed E-state index contributed by atoms with van der Waals surface area (Å²) in [5.74, 6) is -0.0366.